The van der Waals surface area contributed by atoms with Crippen LogP contribution in [-0.2, 0) is 0 Å². The summed E-state index contributed by atoms with van der Waals surface area (Å²) in [6, 6.07) is 18.4. The molecule has 0 radical (unpaired) electrons. The van der Waals surface area contributed by atoms with Crippen molar-refractivity contribution in [2.45, 2.75) is 0 Å². The number of aromatic nitrogens is 1. The zero-order chi connectivity index (χ0) is 13.1. The van der Waals surface area contributed by atoms with Crippen LogP contribution in [0.2, 0.25) is 0 Å². The molecule has 0 fully saturated rings. The van der Waals surface area contributed by atoms with Gasteiger partial charge in [0.05, 0.1) is 7.11 Å². The molecule has 0 amide bonds. The molecular weight excluding hydrogens is 234 g/mol. The molecule has 0 saturated heterocycles. The molecule has 2 heteroatoms. The summed E-state index contributed by atoms with van der Waals surface area (Å²) in [6.45, 7) is 0. The Bertz CT molecular complexity index is 674. The molecule has 0 atom stereocenters. The number of aromatic amines is 1. The highest BCUT2D eigenvalue weighted by atomic mass is 16.5. The summed E-state index contributed by atoms with van der Waals surface area (Å²) in [6.07, 6.45) is 4.17. The van der Waals surface area contributed by atoms with Gasteiger partial charge in [-0.3, -0.25) is 0 Å². The molecule has 1 N–H and O–H groups in total. The highest BCUT2D eigenvalue weighted by Gasteiger charge is 1.96. The van der Waals surface area contributed by atoms with Crippen LogP contribution in [0.15, 0.2) is 54.6 Å². The van der Waals surface area contributed by atoms with E-state index in [-0.39, 0.29) is 0 Å². The average molecular weight is 249 g/mol. The zero-order valence-corrected chi connectivity index (χ0v) is 10.8. The number of hydrogen-bond donors (Lipinski definition) is 1. The molecule has 19 heavy (non-hydrogen) atoms. The molecule has 3 aromatic rings. The summed E-state index contributed by atoms with van der Waals surface area (Å²) in [4.78, 5) is 3.38. The molecule has 0 saturated carbocycles. The number of fused-ring (bicyclic) bond motifs is 1. The monoisotopic (exact) mass is 249 g/mol. The predicted octanol–water partition coefficient (Wildman–Crippen LogP) is 4.35. The number of benzene rings is 2. The second-order valence-corrected chi connectivity index (χ2v) is 4.42. The Kier molecular flexibility index (Phi) is 3.07. The number of methoxy groups -OCH3 is 1. The molecule has 94 valence electrons. The van der Waals surface area contributed by atoms with Crippen molar-refractivity contribution >= 4 is 23.1 Å². The van der Waals surface area contributed by atoms with Crippen molar-refractivity contribution in [3.05, 3.63) is 65.9 Å². The maximum atomic E-state index is 5.14. The molecule has 0 unspecified atom stereocenters. The van der Waals surface area contributed by atoms with Crippen molar-refractivity contribution in [2.24, 2.45) is 0 Å². The van der Waals surface area contributed by atoms with E-state index in [9.17, 15) is 0 Å². The number of rotatable bonds is 3. The lowest BCUT2D eigenvalue weighted by molar-refractivity contribution is 0.415. The topological polar surface area (TPSA) is 25.0 Å². The van der Waals surface area contributed by atoms with Crippen LogP contribution < -0.4 is 4.74 Å². The molecule has 0 spiro atoms. The standard InChI is InChI=1S/C17H15NO/c1-19-16-10-7-13(8-11-16)6-9-15-12-14-4-2-3-5-17(14)18-15/h2-12,18H,1H3/b9-6+. The predicted molar refractivity (Wildman–Crippen MR) is 80.2 cm³/mol. The lowest BCUT2D eigenvalue weighted by Gasteiger charge is -1.98. The van der Waals surface area contributed by atoms with Crippen LogP contribution in [0.4, 0.5) is 0 Å². The van der Waals surface area contributed by atoms with Gasteiger partial charge in [0.2, 0.25) is 0 Å². The van der Waals surface area contributed by atoms with Crippen molar-refractivity contribution in [2.75, 3.05) is 7.11 Å². The molecule has 0 bridgehead atoms. The van der Waals surface area contributed by atoms with Gasteiger partial charge >= 0.3 is 0 Å². The van der Waals surface area contributed by atoms with Gasteiger partial charge in [-0.1, -0.05) is 36.4 Å². The first-order chi connectivity index (χ1) is 9.35. The number of ether oxygens (including phenoxy) is 1. The molecule has 3 rings (SSSR count). The smallest absolute Gasteiger partial charge is 0.118 e. The molecule has 2 aromatic carbocycles. The first-order valence-electron chi connectivity index (χ1n) is 6.25. The Hall–Kier alpha value is -2.48. The van der Waals surface area contributed by atoms with Crippen LogP contribution in [0.25, 0.3) is 23.1 Å². The molecule has 1 aromatic heterocycles. The number of nitrogens with one attached hydrogen (secondary N) is 1. The maximum absolute atomic E-state index is 5.14. The van der Waals surface area contributed by atoms with Crippen molar-refractivity contribution < 1.29 is 4.74 Å². The molecular formula is C17H15NO. The fraction of sp³-hybridized carbons (Fsp3) is 0.0588. The summed E-state index contributed by atoms with van der Waals surface area (Å²) >= 11 is 0. The molecule has 0 aliphatic carbocycles. The third-order valence-corrected chi connectivity index (χ3v) is 3.12. The third-order valence-electron chi connectivity index (χ3n) is 3.12. The van der Waals surface area contributed by atoms with Crippen molar-refractivity contribution in [3.63, 3.8) is 0 Å². The minimum atomic E-state index is 0.878. The average Bonchev–Trinajstić information content (AvgIpc) is 2.88. The minimum Gasteiger partial charge on any atom is -0.497 e. The first kappa shape index (κ1) is 11.6. The van der Waals surface area contributed by atoms with Crippen LogP contribution in [-0.4, -0.2) is 12.1 Å². The van der Waals surface area contributed by atoms with Crippen molar-refractivity contribution in [3.8, 4) is 5.75 Å². The van der Waals surface area contributed by atoms with Crippen molar-refractivity contribution in [1.82, 2.24) is 4.98 Å². The Morgan fingerprint density at radius 3 is 2.47 bits per heavy atom. The van der Waals surface area contributed by atoms with Gasteiger partial charge in [0.25, 0.3) is 0 Å². The van der Waals surface area contributed by atoms with E-state index in [0.29, 0.717) is 0 Å². The molecule has 0 aliphatic heterocycles. The van der Waals surface area contributed by atoms with E-state index >= 15 is 0 Å². The molecule has 0 aliphatic rings. The van der Waals surface area contributed by atoms with Gasteiger partial charge in [-0.05, 0) is 41.3 Å². The van der Waals surface area contributed by atoms with Crippen LogP contribution in [0, 0.1) is 0 Å². The quantitative estimate of drug-likeness (QED) is 0.733. The highest BCUT2D eigenvalue weighted by molar-refractivity contribution is 5.84. The van der Waals surface area contributed by atoms with E-state index in [4.69, 9.17) is 4.74 Å². The van der Waals surface area contributed by atoms with E-state index in [1.807, 2.05) is 36.4 Å². The SMILES string of the molecule is COc1ccc(/C=C/c2cc3ccccc3[nH]2)cc1. The Morgan fingerprint density at radius 2 is 1.74 bits per heavy atom. The van der Waals surface area contributed by atoms with Gasteiger partial charge in [0.1, 0.15) is 5.75 Å². The molecule has 2 nitrogen and oxygen atoms in total. The summed E-state index contributed by atoms with van der Waals surface area (Å²) in [5, 5.41) is 1.23. The Labute approximate surface area is 112 Å². The lowest BCUT2D eigenvalue weighted by atomic mass is 10.2. The lowest BCUT2D eigenvalue weighted by Crippen LogP contribution is -1.81. The van der Waals surface area contributed by atoms with Crippen LogP contribution in [0.5, 0.6) is 5.75 Å². The normalized spacial score (nSPS) is 11.2. The third kappa shape index (κ3) is 2.52. The van der Waals surface area contributed by atoms with E-state index in [1.54, 1.807) is 7.11 Å². The summed E-state index contributed by atoms with van der Waals surface area (Å²) < 4.78 is 5.14. The van der Waals surface area contributed by atoms with Crippen LogP contribution in [0.1, 0.15) is 11.3 Å². The van der Waals surface area contributed by atoms with Gasteiger partial charge in [0, 0.05) is 11.2 Å². The Morgan fingerprint density at radius 1 is 0.947 bits per heavy atom. The summed E-state index contributed by atoms with van der Waals surface area (Å²) in [5.41, 5.74) is 3.42. The zero-order valence-electron chi connectivity index (χ0n) is 10.8. The fourth-order valence-corrected chi connectivity index (χ4v) is 2.09. The number of hydrogen-bond acceptors (Lipinski definition) is 1. The second-order valence-electron chi connectivity index (χ2n) is 4.42. The van der Waals surface area contributed by atoms with Gasteiger partial charge in [-0.2, -0.15) is 0 Å². The van der Waals surface area contributed by atoms with Gasteiger partial charge in [0.15, 0.2) is 0 Å². The van der Waals surface area contributed by atoms with E-state index < -0.39 is 0 Å². The van der Waals surface area contributed by atoms with E-state index in [2.05, 4.69) is 35.3 Å². The van der Waals surface area contributed by atoms with Crippen LogP contribution >= 0.6 is 0 Å². The maximum Gasteiger partial charge on any atom is 0.118 e. The van der Waals surface area contributed by atoms with Crippen molar-refractivity contribution in [1.29, 1.82) is 0 Å². The van der Waals surface area contributed by atoms with Gasteiger partial charge < -0.3 is 9.72 Å². The van der Waals surface area contributed by atoms with Gasteiger partial charge in [-0.25, -0.2) is 0 Å². The largest absolute Gasteiger partial charge is 0.497 e. The fourth-order valence-electron chi connectivity index (χ4n) is 2.09. The number of H-pyrrole nitrogens is 1. The highest BCUT2D eigenvalue weighted by Crippen LogP contribution is 2.17. The molecule has 1 heterocycles. The van der Waals surface area contributed by atoms with E-state index in [1.165, 1.54) is 5.39 Å². The Balaban J connectivity index is 1.84. The van der Waals surface area contributed by atoms with E-state index in [0.717, 1.165) is 22.5 Å². The summed E-state index contributed by atoms with van der Waals surface area (Å²) in [7, 11) is 1.68. The first-order valence-corrected chi connectivity index (χ1v) is 6.25. The minimum absolute atomic E-state index is 0.878. The van der Waals surface area contributed by atoms with Crippen LogP contribution in [0.3, 0.4) is 0 Å². The second kappa shape index (κ2) is 5.02. The number of para-hydroxylation sites is 1. The summed E-state index contributed by atoms with van der Waals surface area (Å²) in [5.74, 6) is 0.878. The van der Waals surface area contributed by atoms with Gasteiger partial charge in [-0.15, -0.1) is 0 Å².